The number of hydrogen-bond donors (Lipinski definition) is 1. The Morgan fingerprint density at radius 3 is 2.02 bits per heavy atom. The van der Waals surface area contributed by atoms with E-state index in [4.69, 9.17) is 23.2 Å². The minimum absolute atomic E-state index is 0.0781. The van der Waals surface area contributed by atoms with Crippen LogP contribution in [0, 0.1) is 5.92 Å². The van der Waals surface area contributed by atoms with Gasteiger partial charge in [0.05, 0.1) is 21.2 Å². The fourth-order valence-corrected chi connectivity index (χ4v) is 6.67. The van der Waals surface area contributed by atoms with Crippen LogP contribution in [0.5, 0.6) is 0 Å². The van der Waals surface area contributed by atoms with Gasteiger partial charge in [0.15, 0.2) is 0 Å². The Hall–Kier alpha value is -4.06. The lowest BCUT2D eigenvalue weighted by Crippen LogP contribution is -2.53. The maximum absolute atomic E-state index is 14.5. The van der Waals surface area contributed by atoms with Gasteiger partial charge >= 0.3 is 6.18 Å². The normalized spacial score (nSPS) is 12.4. The number of carbonyl (C=O) groups excluding carboxylic acids is 2. The number of benzene rings is 4. The van der Waals surface area contributed by atoms with Crippen LogP contribution in [0.3, 0.4) is 0 Å². The third-order valence-corrected chi connectivity index (χ3v) is 9.74. The number of carbonyl (C=O) groups is 2. The van der Waals surface area contributed by atoms with Gasteiger partial charge in [0.25, 0.3) is 10.0 Å². The summed E-state index contributed by atoms with van der Waals surface area (Å²) in [5.41, 5.74) is -0.377. The van der Waals surface area contributed by atoms with Crippen LogP contribution < -0.4 is 9.62 Å². The van der Waals surface area contributed by atoms with Crippen LogP contribution in [0.4, 0.5) is 18.9 Å². The van der Waals surface area contributed by atoms with E-state index in [1.807, 2.05) is 19.9 Å². The van der Waals surface area contributed by atoms with Crippen LogP contribution in [-0.4, -0.2) is 44.3 Å². The second-order valence-electron chi connectivity index (χ2n) is 11.5. The molecule has 13 heteroatoms. The Balaban J connectivity index is 1.85. The summed E-state index contributed by atoms with van der Waals surface area (Å²) in [6.07, 6.45) is -4.83. The lowest BCUT2D eigenvalue weighted by atomic mass is 10.0. The summed E-state index contributed by atoms with van der Waals surface area (Å²) in [5.74, 6) is -1.21. The maximum atomic E-state index is 14.5. The molecule has 4 aromatic rings. The van der Waals surface area contributed by atoms with E-state index in [9.17, 15) is 31.2 Å². The first-order chi connectivity index (χ1) is 22.7. The van der Waals surface area contributed by atoms with Crippen LogP contribution >= 0.6 is 23.2 Å². The predicted molar refractivity (Wildman–Crippen MR) is 181 cm³/mol. The molecule has 1 atom stereocenters. The molecule has 1 unspecified atom stereocenters. The molecule has 4 aromatic carbocycles. The molecular formula is C35H34Cl2F3N3O4S. The lowest BCUT2D eigenvalue weighted by Gasteiger charge is -2.34. The molecule has 0 heterocycles. The minimum atomic E-state index is -4.91. The third-order valence-electron chi connectivity index (χ3n) is 7.38. The van der Waals surface area contributed by atoms with Gasteiger partial charge in [-0.3, -0.25) is 13.9 Å². The van der Waals surface area contributed by atoms with Crippen molar-refractivity contribution in [2.45, 2.75) is 43.9 Å². The second-order valence-corrected chi connectivity index (χ2v) is 14.2. The van der Waals surface area contributed by atoms with Crippen LogP contribution in [0.25, 0.3) is 0 Å². The molecule has 0 aliphatic rings. The number of hydrogen-bond acceptors (Lipinski definition) is 4. The Bertz CT molecular complexity index is 1810. The molecular weight excluding hydrogens is 686 g/mol. The molecule has 0 radical (unpaired) electrons. The number of anilines is 1. The zero-order chi connectivity index (χ0) is 35.1. The van der Waals surface area contributed by atoms with E-state index in [-0.39, 0.29) is 23.8 Å². The number of alkyl halides is 3. The van der Waals surface area contributed by atoms with E-state index in [1.165, 1.54) is 29.2 Å². The van der Waals surface area contributed by atoms with Crippen molar-refractivity contribution in [3.63, 3.8) is 0 Å². The predicted octanol–water partition coefficient (Wildman–Crippen LogP) is 7.62. The molecule has 2 amide bonds. The van der Waals surface area contributed by atoms with Crippen molar-refractivity contribution >= 4 is 50.7 Å². The van der Waals surface area contributed by atoms with E-state index >= 15 is 0 Å². The summed E-state index contributed by atoms with van der Waals surface area (Å²) >= 11 is 12.0. The van der Waals surface area contributed by atoms with Gasteiger partial charge in [-0.15, -0.1) is 0 Å². The lowest BCUT2D eigenvalue weighted by molar-refractivity contribution is -0.140. The Morgan fingerprint density at radius 1 is 0.833 bits per heavy atom. The topological polar surface area (TPSA) is 86.8 Å². The summed E-state index contributed by atoms with van der Waals surface area (Å²) in [5, 5.41) is 2.68. The van der Waals surface area contributed by atoms with Crippen molar-refractivity contribution in [2.75, 3.05) is 17.4 Å². The fourth-order valence-electron chi connectivity index (χ4n) is 4.90. The monoisotopic (exact) mass is 719 g/mol. The number of nitrogens with one attached hydrogen (secondary N) is 1. The quantitative estimate of drug-likeness (QED) is 0.154. The van der Waals surface area contributed by atoms with Gasteiger partial charge in [-0.25, -0.2) is 8.42 Å². The van der Waals surface area contributed by atoms with Gasteiger partial charge in [-0.05, 0) is 59.5 Å². The highest BCUT2D eigenvalue weighted by Gasteiger charge is 2.37. The van der Waals surface area contributed by atoms with Crippen LogP contribution in [-0.2, 0) is 38.8 Å². The average molecular weight is 721 g/mol. The van der Waals surface area contributed by atoms with Gasteiger partial charge in [0.2, 0.25) is 11.8 Å². The smallest absolute Gasteiger partial charge is 0.354 e. The molecule has 0 saturated heterocycles. The first-order valence-electron chi connectivity index (χ1n) is 15.0. The van der Waals surface area contributed by atoms with E-state index < -0.39 is 56.9 Å². The van der Waals surface area contributed by atoms with Crippen molar-refractivity contribution in [3.05, 3.63) is 130 Å². The molecule has 0 aliphatic heterocycles. The Morgan fingerprint density at radius 2 is 1.44 bits per heavy atom. The van der Waals surface area contributed by atoms with Crippen molar-refractivity contribution in [2.24, 2.45) is 5.92 Å². The zero-order valence-corrected chi connectivity index (χ0v) is 28.5. The molecule has 0 fully saturated rings. The number of amides is 2. The standard InChI is InChI=1S/C35H34Cl2F3N3O4S/c1-24(2)21-41-34(45)32(19-25-9-5-3-6-10-25)42(22-26-13-15-27(36)16-14-26)33(44)23-43(48(46,47)29-11-7-4-8-12-29)28-17-18-31(37)30(20-28)35(38,39)40/h3-18,20,24,32H,19,21-23H2,1-2H3,(H,41,45). The SMILES string of the molecule is CC(C)CNC(=O)C(Cc1ccccc1)N(Cc1ccc(Cl)cc1)C(=O)CN(c1ccc(Cl)c(C(F)(F)F)c1)S(=O)(=O)c1ccccc1. The molecule has 0 aromatic heterocycles. The highest BCUT2D eigenvalue weighted by molar-refractivity contribution is 7.92. The van der Waals surface area contributed by atoms with E-state index in [1.54, 1.807) is 54.6 Å². The van der Waals surface area contributed by atoms with Gasteiger partial charge in [-0.1, -0.05) is 97.7 Å². The van der Waals surface area contributed by atoms with Crippen LogP contribution in [0.1, 0.15) is 30.5 Å². The van der Waals surface area contributed by atoms with Gasteiger partial charge in [-0.2, -0.15) is 13.2 Å². The Labute approximate surface area is 288 Å². The number of rotatable bonds is 13. The summed E-state index contributed by atoms with van der Waals surface area (Å²) in [6, 6.07) is 24.1. The second kappa shape index (κ2) is 15.9. The maximum Gasteiger partial charge on any atom is 0.417 e. The van der Waals surface area contributed by atoms with Gasteiger partial charge in [0.1, 0.15) is 12.6 Å². The zero-order valence-electron chi connectivity index (χ0n) is 26.1. The van der Waals surface area contributed by atoms with Crippen molar-refractivity contribution in [1.82, 2.24) is 10.2 Å². The fraction of sp³-hybridized carbons (Fsp3) is 0.257. The van der Waals surface area contributed by atoms with E-state index in [0.29, 0.717) is 27.5 Å². The highest BCUT2D eigenvalue weighted by Crippen LogP contribution is 2.38. The van der Waals surface area contributed by atoms with Crippen LogP contribution in [0.15, 0.2) is 108 Å². The average Bonchev–Trinajstić information content (AvgIpc) is 3.05. The molecule has 4 rings (SSSR count). The summed E-state index contributed by atoms with van der Waals surface area (Å²) < 4.78 is 70.5. The first kappa shape index (κ1) is 36.8. The molecule has 0 aliphatic carbocycles. The summed E-state index contributed by atoms with van der Waals surface area (Å²) in [6.45, 7) is 3.09. The van der Waals surface area contributed by atoms with Crippen molar-refractivity contribution < 1.29 is 31.2 Å². The number of sulfonamides is 1. The molecule has 254 valence electrons. The third kappa shape index (κ3) is 9.52. The highest BCUT2D eigenvalue weighted by atomic mass is 35.5. The molecule has 0 spiro atoms. The van der Waals surface area contributed by atoms with E-state index in [2.05, 4.69) is 5.32 Å². The molecule has 0 bridgehead atoms. The minimum Gasteiger partial charge on any atom is -0.354 e. The largest absolute Gasteiger partial charge is 0.417 e. The molecule has 1 N–H and O–H groups in total. The van der Waals surface area contributed by atoms with Gasteiger partial charge < -0.3 is 10.2 Å². The molecule has 48 heavy (non-hydrogen) atoms. The Kier molecular flexibility index (Phi) is 12.2. The number of nitrogens with zero attached hydrogens (tertiary/aromatic N) is 2. The molecule has 7 nitrogen and oxygen atoms in total. The summed E-state index contributed by atoms with van der Waals surface area (Å²) in [7, 11) is -4.61. The first-order valence-corrected chi connectivity index (χ1v) is 17.2. The van der Waals surface area contributed by atoms with Crippen molar-refractivity contribution in [1.29, 1.82) is 0 Å². The van der Waals surface area contributed by atoms with E-state index in [0.717, 1.165) is 17.7 Å². The summed E-state index contributed by atoms with van der Waals surface area (Å²) in [4.78, 5) is 29.3. The van der Waals surface area contributed by atoms with Crippen molar-refractivity contribution in [3.8, 4) is 0 Å². The molecule has 0 saturated carbocycles. The van der Waals surface area contributed by atoms with Gasteiger partial charge in [0, 0.05) is 24.5 Å². The van der Waals surface area contributed by atoms with Crippen LogP contribution in [0.2, 0.25) is 10.0 Å². The number of halogens is 5.